The standard InChI is InChI=1S/C21H28O4/c22-20(14-17-8-4-3-5-9-17)13-12-19-16-25-15-18(19)10-6-1-2-7-11-21(23)24/h1,3-6,8-9,12-13,18-20,22H,2,7,10-11,14-16H2,(H,23,24)/t18-,19+,20?/m0/s1. The molecule has 136 valence electrons. The summed E-state index contributed by atoms with van der Waals surface area (Å²) in [6.45, 7) is 1.44. The number of benzene rings is 1. The van der Waals surface area contributed by atoms with E-state index in [1.54, 1.807) is 0 Å². The summed E-state index contributed by atoms with van der Waals surface area (Å²) in [5, 5.41) is 18.8. The van der Waals surface area contributed by atoms with Crippen LogP contribution in [0.15, 0.2) is 54.6 Å². The van der Waals surface area contributed by atoms with Gasteiger partial charge in [0, 0.05) is 18.8 Å². The number of hydrogen-bond donors (Lipinski definition) is 2. The predicted octanol–water partition coefficient (Wildman–Crippen LogP) is 3.61. The second kappa shape index (κ2) is 10.9. The summed E-state index contributed by atoms with van der Waals surface area (Å²) in [5.41, 5.74) is 1.13. The van der Waals surface area contributed by atoms with E-state index in [1.165, 1.54) is 0 Å². The zero-order chi connectivity index (χ0) is 17.9. The number of hydrogen-bond acceptors (Lipinski definition) is 3. The highest BCUT2D eigenvalue weighted by molar-refractivity contribution is 5.66. The van der Waals surface area contributed by atoms with Crippen LogP contribution in [0.5, 0.6) is 0 Å². The molecule has 4 heteroatoms. The van der Waals surface area contributed by atoms with E-state index in [1.807, 2.05) is 36.4 Å². The smallest absolute Gasteiger partial charge is 0.303 e. The van der Waals surface area contributed by atoms with Gasteiger partial charge in [-0.15, -0.1) is 0 Å². The molecule has 0 aliphatic carbocycles. The molecule has 3 atom stereocenters. The van der Waals surface area contributed by atoms with Crippen molar-refractivity contribution in [1.82, 2.24) is 0 Å². The molecule has 1 saturated heterocycles. The predicted molar refractivity (Wildman–Crippen MR) is 98.3 cm³/mol. The van der Waals surface area contributed by atoms with Gasteiger partial charge in [0.05, 0.1) is 19.3 Å². The van der Waals surface area contributed by atoms with Crippen molar-refractivity contribution in [2.75, 3.05) is 13.2 Å². The number of carbonyl (C=O) groups is 1. The SMILES string of the molecule is O=C(O)CCCC=CC[C@H]1COC[C@H]1C=CC(O)Cc1ccccc1. The summed E-state index contributed by atoms with van der Waals surface area (Å²) < 4.78 is 5.59. The van der Waals surface area contributed by atoms with Crippen molar-refractivity contribution in [2.45, 2.75) is 38.2 Å². The first kappa shape index (κ1) is 19.4. The molecule has 1 aliphatic rings. The van der Waals surface area contributed by atoms with Crippen molar-refractivity contribution in [3.63, 3.8) is 0 Å². The highest BCUT2D eigenvalue weighted by atomic mass is 16.5. The van der Waals surface area contributed by atoms with Gasteiger partial charge < -0.3 is 14.9 Å². The van der Waals surface area contributed by atoms with Crippen molar-refractivity contribution in [3.8, 4) is 0 Å². The lowest BCUT2D eigenvalue weighted by atomic mass is 9.91. The largest absolute Gasteiger partial charge is 0.481 e. The average molecular weight is 344 g/mol. The second-order valence-electron chi connectivity index (χ2n) is 6.60. The molecule has 0 aromatic heterocycles. The Labute approximate surface area is 149 Å². The zero-order valence-corrected chi connectivity index (χ0v) is 14.6. The molecule has 25 heavy (non-hydrogen) atoms. The van der Waals surface area contributed by atoms with Crippen LogP contribution in [-0.4, -0.2) is 35.5 Å². The van der Waals surface area contributed by atoms with Gasteiger partial charge in [-0.25, -0.2) is 0 Å². The maximum absolute atomic E-state index is 10.5. The maximum Gasteiger partial charge on any atom is 0.303 e. The third kappa shape index (κ3) is 7.67. The van der Waals surface area contributed by atoms with Crippen LogP contribution in [0, 0.1) is 11.8 Å². The Hall–Kier alpha value is -1.91. The van der Waals surface area contributed by atoms with Gasteiger partial charge in [-0.1, -0.05) is 54.6 Å². The van der Waals surface area contributed by atoms with E-state index in [4.69, 9.17) is 9.84 Å². The van der Waals surface area contributed by atoms with Crippen LogP contribution in [0.25, 0.3) is 0 Å². The highest BCUT2D eigenvalue weighted by Crippen LogP contribution is 2.26. The lowest BCUT2D eigenvalue weighted by molar-refractivity contribution is -0.137. The number of aliphatic hydroxyl groups excluding tert-OH is 1. The topological polar surface area (TPSA) is 66.8 Å². The molecule has 0 radical (unpaired) electrons. The molecule has 4 nitrogen and oxygen atoms in total. The van der Waals surface area contributed by atoms with Gasteiger partial charge in [0.2, 0.25) is 0 Å². The molecule has 1 heterocycles. The van der Waals surface area contributed by atoms with Gasteiger partial charge >= 0.3 is 5.97 Å². The summed E-state index contributed by atoms with van der Waals surface area (Å²) in [4.78, 5) is 10.5. The first-order chi connectivity index (χ1) is 12.1. The Balaban J connectivity index is 1.72. The minimum atomic E-state index is -0.739. The summed E-state index contributed by atoms with van der Waals surface area (Å²) in [6.07, 6.45) is 10.9. The molecule has 2 N–H and O–H groups in total. The quantitative estimate of drug-likeness (QED) is 0.503. The lowest BCUT2D eigenvalue weighted by Crippen LogP contribution is -2.12. The molecule has 1 unspecified atom stereocenters. The van der Waals surface area contributed by atoms with Gasteiger partial charge in [0.25, 0.3) is 0 Å². The minimum absolute atomic E-state index is 0.224. The Kier molecular flexibility index (Phi) is 8.43. The Morgan fingerprint density at radius 3 is 2.80 bits per heavy atom. The number of unbranched alkanes of at least 4 members (excludes halogenated alkanes) is 1. The summed E-state index contributed by atoms with van der Waals surface area (Å²) >= 11 is 0. The minimum Gasteiger partial charge on any atom is -0.481 e. The molecule has 0 spiro atoms. The van der Waals surface area contributed by atoms with Crippen LogP contribution in [0.2, 0.25) is 0 Å². The molecule has 2 rings (SSSR count). The van der Waals surface area contributed by atoms with E-state index in [0.29, 0.717) is 31.3 Å². The number of carboxylic acid groups (broad SMARTS) is 1. The lowest BCUT2D eigenvalue weighted by Gasteiger charge is -2.13. The maximum atomic E-state index is 10.5. The van der Waals surface area contributed by atoms with Gasteiger partial charge in [0.1, 0.15) is 0 Å². The highest BCUT2D eigenvalue weighted by Gasteiger charge is 2.25. The number of aliphatic hydroxyl groups is 1. The van der Waals surface area contributed by atoms with Crippen LogP contribution in [0.3, 0.4) is 0 Å². The molecule has 0 amide bonds. The zero-order valence-electron chi connectivity index (χ0n) is 14.6. The Bertz CT molecular complexity index is 565. The fourth-order valence-electron chi connectivity index (χ4n) is 3.03. The third-order valence-electron chi connectivity index (χ3n) is 4.48. The van der Waals surface area contributed by atoms with E-state index in [0.717, 1.165) is 25.0 Å². The van der Waals surface area contributed by atoms with Crippen LogP contribution in [-0.2, 0) is 16.0 Å². The summed E-state index contributed by atoms with van der Waals surface area (Å²) in [5.74, 6) is 0.0156. The molecule has 0 saturated carbocycles. The van der Waals surface area contributed by atoms with Crippen LogP contribution in [0.1, 0.15) is 31.2 Å². The van der Waals surface area contributed by atoms with Gasteiger partial charge in [-0.2, -0.15) is 0 Å². The monoisotopic (exact) mass is 344 g/mol. The number of allylic oxidation sites excluding steroid dienone is 2. The van der Waals surface area contributed by atoms with Gasteiger partial charge in [-0.05, 0) is 30.7 Å². The van der Waals surface area contributed by atoms with Crippen LogP contribution >= 0.6 is 0 Å². The molecule has 0 bridgehead atoms. The van der Waals surface area contributed by atoms with Crippen molar-refractivity contribution < 1.29 is 19.7 Å². The number of rotatable bonds is 10. The van der Waals surface area contributed by atoms with Crippen LogP contribution < -0.4 is 0 Å². The number of aliphatic carboxylic acids is 1. The number of carboxylic acids is 1. The van der Waals surface area contributed by atoms with Crippen molar-refractivity contribution in [1.29, 1.82) is 0 Å². The normalized spacial score (nSPS) is 22.0. The summed E-state index contributed by atoms with van der Waals surface area (Å²) in [6, 6.07) is 9.98. The van der Waals surface area contributed by atoms with E-state index in [9.17, 15) is 9.90 Å². The molecule has 1 aromatic carbocycles. The molecule has 1 aromatic rings. The third-order valence-corrected chi connectivity index (χ3v) is 4.48. The van der Waals surface area contributed by atoms with E-state index in [2.05, 4.69) is 18.2 Å². The van der Waals surface area contributed by atoms with E-state index < -0.39 is 12.1 Å². The fourth-order valence-corrected chi connectivity index (χ4v) is 3.03. The summed E-state index contributed by atoms with van der Waals surface area (Å²) in [7, 11) is 0. The Morgan fingerprint density at radius 1 is 1.24 bits per heavy atom. The van der Waals surface area contributed by atoms with Gasteiger partial charge in [-0.3, -0.25) is 4.79 Å². The fraction of sp³-hybridized carbons (Fsp3) is 0.476. The van der Waals surface area contributed by atoms with Crippen molar-refractivity contribution in [2.24, 2.45) is 11.8 Å². The molecule has 1 aliphatic heterocycles. The number of ether oxygens (including phenoxy) is 1. The first-order valence-electron chi connectivity index (χ1n) is 9.00. The van der Waals surface area contributed by atoms with Crippen LogP contribution in [0.4, 0.5) is 0 Å². The van der Waals surface area contributed by atoms with Crippen molar-refractivity contribution in [3.05, 3.63) is 60.2 Å². The average Bonchev–Trinajstić information content (AvgIpc) is 3.04. The molecular weight excluding hydrogens is 316 g/mol. The van der Waals surface area contributed by atoms with E-state index >= 15 is 0 Å². The molecular formula is C21H28O4. The van der Waals surface area contributed by atoms with Gasteiger partial charge in [0.15, 0.2) is 0 Å². The Morgan fingerprint density at radius 2 is 2.04 bits per heavy atom. The van der Waals surface area contributed by atoms with Crippen molar-refractivity contribution >= 4 is 5.97 Å². The second-order valence-corrected chi connectivity index (χ2v) is 6.60. The first-order valence-corrected chi connectivity index (χ1v) is 9.00. The molecule has 1 fully saturated rings. The van der Waals surface area contributed by atoms with E-state index in [-0.39, 0.29) is 6.42 Å².